The second-order valence-corrected chi connectivity index (χ2v) is 8.58. The Balaban J connectivity index is 3.14. The minimum absolute atomic E-state index is 0.0149. The zero-order chi connectivity index (χ0) is 14.8. The van der Waals surface area contributed by atoms with E-state index in [0.717, 1.165) is 0 Å². The number of primary sulfonamides is 1. The summed E-state index contributed by atoms with van der Waals surface area (Å²) >= 11 is -1.39. The van der Waals surface area contributed by atoms with E-state index >= 15 is 0 Å². The molecule has 0 aliphatic rings. The molecular formula is C12H18N2O3S2. The summed E-state index contributed by atoms with van der Waals surface area (Å²) in [6, 6.07) is 6.11. The highest BCUT2D eigenvalue weighted by atomic mass is 32.2. The van der Waals surface area contributed by atoms with Crippen LogP contribution in [0.1, 0.15) is 33.3 Å². The molecular weight excluding hydrogens is 284 g/mol. The molecule has 0 saturated carbocycles. The topological polar surface area (TPSA) is 95.6 Å². The molecule has 7 heteroatoms. The van der Waals surface area contributed by atoms with E-state index < -0.39 is 26.1 Å². The first-order valence-corrected chi connectivity index (χ1v) is 8.27. The highest BCUT2D eigenvalue weighted by molar-refractivity contribution is 7.91. The summed E-state index contributed by atoms with van der Waals surface area (Å²) in [6.07, 6.45) is 0. The maximum atomic E-state index is 11.9. The molecule has 0 spiro atoms. The molecule has 1 unspecified atom stereocenters. The number of hydrogen-bond acceptors (Lipinski definition) is 4. The monoisotopic (exact) mass is 302 g/mol. The molecule has 1 atom stereocenters. The lowest BCUT2D eigenvalue weighted by Crippen LogP contribution is -2.26. The lowest BCUT2D eigenvalue weighted by molar-refractivity contribution is 0.561. The molecule has 0 heterocycles. The predicted molar refractivity (Wildman–Crippen MR) is 77.9 cm³/mol. The first kappa shape index (κ1) is 16.2. The van der Waals surface area contributed by atoms with Crippen LogP contribution < -0.4 is 5.14 Å². The average molecular weight is 302 g/mol. The van der Waals surface area contributed by atoms with Gasteiger partial charge in [0.15, 0.2) is 0 Å². The smallest absolute Gasteiger partial charge is 0.238 e. The normalized spacial score (nSPS) is 15.4. The largest absolute Gasteiger partial charge is 0.591 e. The summed E-state index contributed by atoms with van der Waals surface area (Å²) in [5, 5.41) is 5.07. The highest BCUT2D eigenvalue weighted by Gasteiger charge is 2.26. The van der Waals surface area contributed by atoms with Gasteiger partial charge in [-0.05, 0) is 39.8 Å². The maximum absolute atomic E-state index is 11.9. The zero-order valence-electron chi connectivity index (χ0n) is 11.4. The van der Waals surface area contributed by atoms with Gasteiger partial charge in [0.2, 0.25) is 10.0 Å². The van der Waals surface area contributed by atoms with Gasteiger partial charge in [-0.1, -0.05) is 16.5 Å². The van der Waals surface area contributed by atoms with E-state index in [1.54, 1.807) is 19.1 Å². The number of benzene rings is 1. The SMILES string of the molecule is C/C(=N\[S+]([O-])C(C)(C)C)c1cccc(S(N)(=O)=O)c1. The lowest BCUT2D eigenvalue weighted by atomic mass is 10.1. The van der Waals surface area contributed by atoms with E-state index in [4.69, 9.17) is 5.14 Å². The van der Waals surface area contributed by atoms with Crippen molar-refractivity contribution in [1.82, 2.24) is 0 Å². The standard InChI is InChI=1S/C12H18N2O3S2/c1-9(14-18(15)12(2,3)4)10-6-5-7-11(8-10)19(13,16)17/h5-8H,1-4H3,(H2,13,16,17)/b14-9+. The van der Waals surface area contributed by atoms with Crippen molar-refractivity contribution < 1.29 is 13.0 Å². The summed E-state index contributed by atoms with van der Waals surface area (Å²) in [6.45, 7) is 7.15. The van der Waals surface area contributed by atoms with Crippen molar-refractivity contribution in [2.45, 2.75) is 37.3 Å². The van der Waals surface area contributed by atoms with Crippen molar-refractivity contribution in [2.24, 2.45) is 9.54 Å². The van der Waals surface area contributed by atoms with Gasteiger partial charge >= 0.3 is 0 Å². The van der Waals surface area contributed by atoms with Gasteiger partial charge in [-0.3, -0.25) is 0 Å². The minimum Gasteiger partial charge on any atom is -0.591 e. The number of nitrogens with zero attached hydrogens (tertiary/aromatic N) is 1. The van der Waals surface area contributed by atoms with Crippen LogP contribution in [0.5, 0.6) is 0 Å². The van der Waals surface area contributed by atoms with Crippen molar-refractivity contribution in [2.75, 3.05) is 0 Å². The van der Waals surface area contributed by atoms with Crippen LogP contribution in [-0.2, 0) is 21.4 Å². The fourth-order valence-electron chi connectivity index (χ4n) is 1.21. The number of sulfonamides is 1. The first-order valence-electron chi connectivity index (χ1n) is 5.62. The van der Waals surface area contributed by atoms with Crippen LogP contribution >= 0.6 is 0 Å². The molecule has 2 N–H and O–H groups in total. The van der Waals surface area contributed by atoms with Crippen LogP contribution in [-0.4, -0.2) is 23.4 Å². The van der Waals surface area contributed by atoms with Crippen molar-refractivity contribution in [3.8, 4) is 0 Å². The molecule has 19 heavy (non-hydrogen) atoms. The van der Waals surface area contributed by atoms with Gasteiger partial charge in [-0.2, -0.15) is 0 Å². The maximum Gasteiger partial charge on any atom is 0.238 e. The van der Waals surface area contributed by atoms with E-state index in [1.807, 2.05) is 20.8 Å². The van der Waals surface area contributed by atoms with Crippen molar-refractivity contribution in [3.63, 3.8) is 0 Å². The average Bonchev–Trinajstić information content (AvgIpc) is 2.26. The quantitative estimate of drug-likeness (QED) is 0.678. The van der Waals surface area contributed by atoms with Crippen LogP contribution in [0.25, 0.3) is 0 Å². The third-order valence-corrected chi connectivity index (χ3v) is 4.72. The molecule has 106 valence electrons. The Bertz CT molecular complexity index is 589. The molecule has 5 nitrogen and oxygen atoms in total. The third kappa shape index (κ3) is 4.61. The van der Waals surface area contributed by atoms with Crippen LogP contribution in [0.15, 0.2) is 33.6 Å². The molecule has 1 rings (SSSR count). The van der Waals surface area contributed by atoms with Gasteiger partial charge in [-0.15, -0.1) is 0 Å². The molecule has 0 bridgehead atoms. The number of hydrogen-bond donors (Lipinski definition) is 1. The summed E-state index contributed by atoms with van der Waals surface area (Å²) in [7, 11) is -3.75. The molecule has 0 amide bonds. The first-order chi connectivity index (χ1) is 8.51. The summed E-state index contributed by atoms with van der Waals surface area (Å²) in [5.74, 6) is 0. The van der Waals surface area contributed by atoms with Crippen molar-refractivity contribution >= 4 is 27.1 Å². The van der Waals surface area contributed by atoms with Gasteiger partial charge in [0.1, 0.15) is 16.1 Å². The number of rotatable bonds is 3. The molecule has 0 saturated heterocycles. The lowest BCUT2D eigenvalue weighted by Gasteiger charge is -2.18. The Hall–Kier alpha value is -0.890. The van der Waals surface area contributed by atoms with Gasteiger partial charge in [0, 0.05) is 5.56 Å². The Morgan fingerprint density at radius 1 is 1.37 bits per heavy atom. The van der Waals surface area contributed by atoms with E-state index in [9.17, 15) is 13.0 Å². The van der Waals surface area contributed by atoms with Crippen molar-refractivity contribution in [3.05, 3.63) is 29.8 Å². The second-order valence-electron chi connectivity index (χ2n) is 5.11. The van der Waals surface area contributed by atoms with E-state index in [0.29, 0.717) is 11.3 Å². The predicted octanol–water partition coefficient (Wildman–Crippen LogP) is 1.61. The molecule has 0 aromatic heterocycles. The molecule has 0 fully saturated rings. The minimum atomic E-state index is -3.75. The summed E-state index contributed by atoms with van der Waals surface area (Å²) in [4.78, 5) is 0.0149. The van der Waals surface area contributed by atoms with Crippen LogP contribution in [0.3, 0.4) is 0 Å². The van der Waals surface area contributed by atoms with E-state index in [-0.39, 0.29) is 4.90 Å². The molecule has 0 radical (unpaired) electrons. The third-order valence-electron chi connectivity index (χ3n) is 2.32. The Kier molecular flexibility index (Phi) is 4.78. The zero-order valence-corrected chi connectivity index (χ0v) is 13.0. The van der Waals surface area contributed by atoms with Gasteiger partial charge in [-0.25, -0.2) is 13.6 Å². The second kappa shape index (κ2) is 5.62. The molecule has 1 aromatic carbocycles. The van der Waals surface area contributed by atoms with Crippen molar-refractivity contribution in [1.29, 1.82) is 0 Å². The van der Waals surface area contributed by atoms with E-state index in [2.05, 4.69) is 4.40 Å². The number of nitrogens with two attached hydrogens (primary N) is 1. The molecule has 0 aliphatic carbocycles. The Morgan fingerprint density at radius 2 is 1.95 bits per heavy atom. The van der Waals surface area contributed by atoms with E-state index in [1.165, 1.54) is 12.1 Å². The van der Waals surface area contributed by atoms with Gasteiger partial charge < -0.3 is 4.55 Å². The Labute approximate surface area is 117 Å². The fraction of sp³-hybridized carbons (Fsp3) is 0.417. The van der Waals surface area contributed by atoms with Crippen LogP contribution in [0.4, 0.5) is 0 Å². The Morgan fingerprint density at radius 3 is 2.42 bits per heavy atom. The molecule has 1 aromatic rings. The van der Waals surface area contributed by atoms with Crippen LogP contribution in [0, 0.1) is 0 Å². The fourth-order valence-corrected chi connectivity index (χ4v) is 2.40. The molecule has 0 aliphatic heterocycles. The summed E-state index contributed by atoms with van der Waals surface area (Å²) < 4.78 is 38.1. The highest BCUT2D eigenvalue weighted by Crippen LogP contribution is 2.19. The van der Waals surface area contributed by atoms with Gasteiger partial charge in [0.05, 0.1) is 10.6 Å². The summed E-state index contributed by atoms with van der Waals surface area (Å²) in [5.41, 5.74) is 1.10. The van der Waals surface area contributed by atoms with Gasteiger partial charge in [0.25, 0.3) is 0 Å². The van der Waals surface area contributed by atoms with Crippen LogP contribution in [0.2, 0.25) is 0 Å².